The lowest BCUT2D eigenvalue weighted by Gasteiger charge is -2.48. The van der Waals surface area contributed by atoms with Crippen LogP contribution in [0.15, 0.2) is 24.3 Å². The van der Waals surface area contributed by atoms with E-state index in [1.165, 1.54) is 0 Å². The first kappa shape index (κ1) is 11.7. The Hall–Kier alpha value is -0.730. The number of para-hydroxylation sites is 1. The summed E-state index contributed by atoms with van der Waals surface area (Å²) in [5.41, 5.74) is 7.28. The smallest absolute Gasteiger partial charge is 0.0639 e. The summed E-state index contributed by atoms with van der Waals surface area (Å²) < 4.78 is 0. The van der Waals surface area contributed by atoms with E-state index in [9.17, 15) is 0 Å². The molecule has 0 bridgehead atoms. The molecule has 1 aromatic rings. The Labute approximate surface area is 102 Å². The summed E-state index contributed by atoms with van der Waals surface area (Å²) in [6.07, 6.45) is 2.23. The standard InChI is InChI=1S/C13H19ClN2/c1-13(2)12(15)8-5-9-16(13)11-7-4-3-6-10(11)14/h3-4,6-7,12H,5,8-9,15H2,1-2H3. The van der Waals surface area contributed by atoms with Crippen molar-refractivity contribution in [1.82, 2.24) is 0 Å². The predicted octanol–water partition coefficient (Wildman–Crippen LogP) is 3.05. The van der Waals surface area contributed by atoms with E-state index >= 15 is 0 Å². The fourth-order valence-corrected chi connectivity index (χ4v) is 2.65. The average molecular weight is 239 g/mol. The summed E-state index contributed by atoms with van der Waals surface area (Å²) in [5, 5.41) is 0.810. The molecule has 1 fully saturated rings. The molecule has 1 atom stereocenters. The third-order valence-corrected chi connectivity index (χ3v) is 3.96. The normalized spacial score (nSPS) is 24.5. The van der Waals surface area contributed by atoms with Gasteiger partial charge in [0.25, 0.3) is 0 Å². The third-order valence-electron chi connectivity index (χ3n) is 3.64. The SMILES string of the molecule is CC1(C)C(N)CCCN1c1ccccc1Cl. The van der Waals surface area contributed by atoms with E-state index in [1.54, 1.807) is 0 Å². The van der Waals surface area contributed by atoms with Gasteiger partial charge in [-0.25, -0.2) is 0 Å². The minimum absolute atomic E-state index is 0.0246. The summed E-state index contributed by atoms with van der Waals surface area (Å²) in [6.45, 7) is 5.42. The van der Waals surface area contributed by atoms with Gasteiger partial charge in [0.05, 0.1) is 10.7 Å². The molecule has 0 saturated carbocycles. The monoisotopic (exact) mass is 238 g/mol. The van der Waals surface area contributed by atoms with Crippen molar-refractivity contribution in [1.29, 1.82) is 0 Å². The topological polar surface area (TPSA) is 29.3 Å². The second-order valence-corrected chi connectivity index (χ2v) is 5.41. The van der Waals surface area contributed by atoms with E-state index in [1.807, 2.05) is 18.2 Å². The highest BCUT2D eigenvalue weighted by atomic mass is 35.5. The Balaban J connectivity index is 2.36. The molecular weight excluding hydrogens is 220 g/mol. The minimum Gasteiger partial charge on any atom is -0.364 e. The molecule has 2 N–H and O–H groups in total. The van der Waals surface area contributed by atoms with Crippen molar-refractivity contribution in [3.05, 3.63) is 29.3 Å². The number of nitrogens with zero attached hydrogens (tertiary/aromatic N) is 1. The van der Waals surface area contributed by atoms with Crippen LogP contribution >= 0.6 is 11.6 Å². The van der Waals surface area contributed by atoms with Gasteiger partial charge in [0.15, 0.2) is 0 Å². The molecule has 88 valence electrons. The van der Waals surface area contributed by atoms with E-state index in [4.69, 9.17) is 17.3 Å². The largest absolute Gasteiger partial charge is 0.364 e. The van der Waals surface area contributed by atoms with Crippen LogP contribution in [0.3, 0.4) is 0 Å². The lowest BCUT2D eigenvalue weighted by atomic mass is 9.85. The van der Waals surface area contributed by atoms with Crippen LogP contribution in [0.1, 0.15) is 26.7 Å². The van der Waals surface area contributed by atoms with Gasteiger partial charge in [-0.2, -0.15) is 0 Å². The van der Waals surface area contributed by atoms with Crippen LogP contribution in [0, 0.1) is 0 Å². The second kappa shape index (κ2) is 4.27. The van der Waals surface area contributed by atoms with Crippen LogP contribution in [0.4, 0.5) is 5.69 Å². The van der Waals surface area contributed by atoms with Gasteiger partial charge in [0, 0.05) is 18.1 Å². The fraction of sp³-hybridized carbons (Fsp3) is 0.538. The van der Waals surface area contributed by atoms with Gasteiger partial charge in [-0.15, -0.1) is 0 Å². The Kier molecular flexibility index (Phi) is 3.13. The van der Waals surface area contributed by atoms with E-state index in [0.717, 1.165) is 30.1 Å². The third kappa shape index (κ3) is 1.92. The first-order chi connectivity index (χ1) is 7.53. The summed E-state index contributed by atoms with van der Waals surface area (Å²) in [7, 11) is 0. The second-order valence-electron chi connectivity index (χ2n) is 5.01. The zero-order valence-corrected chi connectivity index (χ0v) is 10.7. The number of piperidine rings is 1. The zero-order valence-electron chi connectivity index (χ0n) is 9.91. The van der Waals surface area contributed by atoms with Crippen LogP contribution in [0.5, 0.6) is 0 Å². The number of anilines is 1. The minimum atomic E-state index is -0.0246. The summed E-state index contributed by atoms with van der Waals surface area (Å²) in [6, 6.07) is 8.20. The lowest BCUT2D eigenvalue weighted by Crippen LogP contribution is -2.59. The molecule has 16 heavy (non-hydrogen) atoms. The van der Waals surface area contributed by atoms with Crippen LogP contribution in [-0.2, 0) is 0 Å². The maximum absolute atomic E-state index is 6.25. The molecule has 1 aromatic carbocycles. The van der Waals surface area contributed by atoms with Crippen LogP contribution in [-0.4, -0.2) is 18.1 Å². The van der Waals surface area contributed by atoms with E-state index < -0.39 is 0 Å². The Morgan fingerprint density at radius 1 is 1.38 bits per heavy atom. The molecule has 0 spiro atoms. The zero-order chi connectivity index (χ0) is 11.8. The first-order valence-corrected chi connectivity index (χ1v) is 6.19. The van der Waals surface area contributed by atoms with E-state index in [-0.39, 0.29) is 11.6 Å². The molecule has 2 rings (SSSR count). The number of nitrogens with two attached hydrogens (primary N) is 1. The van der Waals surface area contributed by atoms with Gasteiger partial charge in [0.1, 0.15) is 0 Å². The number of hydrogen-bond donors (Lipinski definition) is 1. The van der Waals surface area contributed by atoms with Crippen LogP contribution in [0.2, 0.25) is 5.02 Å². The Bertz CT molecular complexity index is 376. The van der Waals surface area contributed by atoms with Crippen molar-refractivity contribution in [3.63, 3.8) is 0 Å². The molecule has 0 amide bonds. The van der Waals surface area contributed by atoms with Crippen molar-refractivity contribution in [3.8, 4) is 0 Å². The van der Waals surface area contributed by atoms with Crippen LogP contribution in [0.25, 0.3) is 0 Å². The highest BCUT2D eigenvalue weighted by Gasteiger charge is 2.36. The highest BCUT2D eigenvalue weighted by molar-refractivity contribution is 6.33. The summed E-state index contributed by atoms with van der Waals surface area (Å²) in [4.78, 5) is 2.34. The average Bonchev–Trinajstić information content (AvgIpc) is 2.24. The van der Waals surface area contributed by atoms with E-state index in [2.05, 4.69) is 24.8 Å². The van der Waals surface area contributed by atoms with Gasteiger partial charge < -0.3 is 10.6 Å². The lowest BCUT2D eigenvalue weighted by molar-refractivity contribution is 0.310. The molecule has 1 heterocycles. The van der Waals surface area contributed by atoms with Crippen LogP contribution < -0.4 is 10.6 Å². The van der Waals surface area contributed by atoms with Gasteiger partial charge >= 0.3 is 0 Å². The molecule has 3 heteroatoms. The molecule has 0 aromatic heterocycles. The molecule has 0 radical (unpaired) electrons. The fourth-order valence-electron chi connectivity index (χ4n) is 2.41. The number of halogens is 1. The van der Waals surface area contributed by atoms with Gasteiger partial charge in [-0.1, -0.05) is 23.7 Å². The molecule has 1 aliphatic rings. The molecule has 0 aliphatic carbocycles. The molecular formula is C13H19ClN2. The van der Waals surface area contributed by atoms with Crippen molar-refractivity contribution in [2.75, 3.05) is 11.4 Å². The number of rotatable bonds is 1. The maximum Gasteiger partial charge on any atom is 0.0639 e. The van der Waals surface area contributed by atoms with Crippen molar-refractivity contribution in [2.24, 2.45) is 5.73 Å². The Morgan fingerprint density at radius 3 is 2.75 bits per heavy atom. The van der Waals surface area contributed by atoms with E-state index in [0.29, 0.717) is 0 Å². The van der Waals surface area contributed by atoms with Gasteiger partial charge in [0.2, 0.25) is 0 Å². The molecule has 1 unspecified atom stereocenters. The summed E-state index contributed by atoms with van der Waals surface area (Å²) >= 11 is 6.25. The van der Waals surface area contributed by atoms with Crippen molar-refractivity contribution < 1.29 is 0 Å². The number of benzene rings is 1. The maximum atomic E-state index is 6.25. The Morgan fingerprint density at radius 2 is 2.06 bits per heavy atom. The predicted molar refractivity (Wildman–Crippen MR) is 70.1 cm³/mol. The van der Waals surface area contributed by atoms with Gasteiger partial charge in [-0.3, -0.25) is 0 Å². The first-order valence-electron chi connectivity index (χ1n) is 5.81. The molecule has 1 saturated heterocycles. The summed E-state index contributed by atoms with van der Waals surface area (Å²) in [5.74, 6) is 0. The molecule has 1 aliphatic heterocycles. The van der Waals surface area contributed by atoms with Gasteiger partial charge in [-0.05, 0) is 38.8 Å². The van der Waals surface area contributed by atoms with Crippen molar-refractivity contribution >= 4 is 17.3 Å². The quantitative estimate of drug-likeness (QED) is 0.815. The number of hydrogen-bond acceptors (Lipinski definition) is 2. The molecule has 2 nitrogen and oxygen atoms in total. The van der Waals surface area contributed by atoms with Crippen molar-refractivity contribution in [2.45, 2.75) is 38.3 Å². The highest BCUT2D eigenvalue weighted by Crippen LogP contribution is 2.35.